The number of hydrogen-bond donors (Lipinski definition) is 0. The molecule has 96 valence electrons. The second-order valence-corrected chi connectivity index (χ2v) is 4.96. The number of hydrogen-bond acceptors (Lipinski definition) is 1. The average Bonchev–Trinajstić information content (AvgIpc) is 2.35. The summed E-state index contributed by atoms with van der Waals surface area (Å²) in [5.74, 6) is 0. The molecule has 0 bridgehead atoms. The number of rotatable bonds is 8. The van der Waals surface area contributed by atoms with Crippen molar-refractivity contribution in [3.05, 3.63) is 35.4 Å². The first-order chi connectivity index (χ1) is 8.26. The van der Waals surface area contributed by atoms with E-state index in [-0.39, 0.29) is 0 Å². The van der Waals surface area contributed by atoms with Crippen LogP contribution in [0, 0.1) is 0 Å². The largest absolute Gasteiger partial charge is 0.302 e. The van der Waals surface area contributed by atoms with Gasteiger partial charge in [0.2, 0.25) is 0 Å². The molecule has 0 unspecified atom stereocenters. The zero-order valence-corrected chi connectivity index (χ0v) is 11.7. The van der Waals surface area contributed by atoms with Gasteiger partial charge in [-0.25, -0.2) is 0 Å². The Labute approximate surface area is 107 Å². The molecule has 0 aliphatic rings. The zero-order valence-electron chi connectivity index (χ0n) is 11.7. The van der Waals surface area contributed by atoms with Crippen LogP contribution in [0.2, 0.25) is 0 Å². The lowest BCUT2D eigenvalue weighted by Gasteiger charge is -2.14. The van der Waals surface area contributed by atoms with Crippen LogP contribution >= 0.6 is 0 Å². The van der Waals surface area contributed by atoms with Gasteiger partial charge in [-0.15, -0.1) is 0 Å². The molecule has 0 heterocycles. The summed E-state index contributed by atoms with van der Waals surface area (Å²) in [5, 5.41) is 0. The van der Waals surface area contributed by atoms with Crippen molar-refractivity contribution in [2.45, 2.75) is 52.5 Å². The maximum absolute atomic E-state index is 2.37. The van der Waals surface area contributed by atoms with Crippen LogP contribution in [0.4, 0.5) is 0 Å². The number of nitrogens with zero attached hydrogens (tertiary/aromatic N) is 1. The van der Waals surface area contributed by atoms with Gasteiger partial charge in [-0.3, -0.25) is 0 Å². The lowest BCUT2D eigenvalue weighted by atomic mass is 10.0. The summed E-state index contributed by atoms with van der Waals surface area (Å²) in [6, 6.07) is 9.08. The van der Waals surface area contributed by atoms with Gasteiger partial charge in [0.05, 0.1) is 0 Å². The quantitative estimate of drug-likeness (QED) is 0.606. The predicted molar refractivity (Wildman–Crippen MR) is 76.3 cm³/mol. The highest BCUT2D eigenvalue weighted by molar-refractivity contribution is 5.23. The summed E-state index contributed by atoms with van der Waals surface area (Å²) >= 11 is 0. The molecule has 0 saturated heterocycles. The Morgan fingerprint density at radius 1 is 1.00 bits per heavy atom. The molecule has 1 heteroatoms. The van der Waals surface area contributed by atoms with Gasteiger partial charge < -0.3 is 4.90 Å². The monoisotopic (exact) mass is 233 g/mol. The van der Waals surface area contributed by atoms with Crippen molar-refractivity contribution in [3.8, 4) is 0 Å². The summed E-state index contributed by atoms with van der Waals surface area (Å²) in [5.41, 5.74) is 2.95. The first kappa shape index (κ1) is 14.2. The van der Waals surface area contributed by atoms with Crippen LogP contribution < -0.4 is 0 Å². The summed E-state index contributed by atoms with van der Waals surface area (Å²) in [6.07, 6.45) is 6.64. The Kier molecular flexibility index (Phi) is 6.95. The van der Waals surface area contributed by atoms with Crippen molar-refractivity contribution in [2.24, 2.45) is 0 Å². The van der Waals surface area contributed by atoms with Gasteiger partial charge in [-0.05, 0) is 37.6 Å². The van der Waals surface area contributed by atoms with Crippen molar-refractivity contribution in [2.75, 3.05) is 13.6 Å². The van der Waals surface area contributed by atoms with Gasteiger partial charge in [0.1, 0.15) is 0 Å². The Morgan fingerprint density at radius 3 is 2.47 bits per heavy atom. The summed E-state index contributed by atoms with van der Waals surface area (Å²) < 4.78 is 0. The third-order valence-electron chi connectivity index (χ3n) is 3.30. The standard InChI is InChI=1S/C16H27N/c1-4-6-7-8-10-15-11-9-12-16(13-15)14-17(3)5-2/h9,11-13H,4-8,10,14H2,1-3H3. The molecule has 0 aliphatic heterocycles. The first-order valence-corrected chi connectivity index (χ1v) is 7.02. The molecule has 1 nitrogen and oxygen atoms in total. The second-order valence-electron chi connectivity index (χ2n) is 4.96. The second kappa shape index (κ2) is 8.30. The molecule has 0 aromatic heterocycles. The van der Waals surface area contributed by atoms with E-state index >= 15 is 0 Å². The normalized spacial score (nSPS) is 11.1. The molecule has 1 aromatic rings. The first-order valence-electron chi connectivity index (χ1n) is 7.02. The number of benzene rings is 1. The molecule has 0 fully saturated rings. The van der Waals surface area contributed by atoms with Crippen molar-refractivity contribution in [3.63, 3.8) is 0 Å². The molecule has 0 aliphatic carbocycles. The van der Waals surface area contributed by atoms with E-state index in [0.717, 1.165) is 13.1 Å². The molecular weight excluding hydrogens is 206 g/mol. The van der Waals surface area contributed by atoms with Crippen molar-refractivity contribution < 1.29 is 0 Å². The SMILES string of the molecule is CCCCCCc1cccc(CN(C)CC)c1. The fourth-order valence-corrected chi connectivity index (χ4v) is 2.06. The molecule has 17 heavy (non-hydrogen) atoms. The Bertz CT molecular complexity index is 306. The highest BCUT2D eigenvalue weighted by Gasteiger charge is 1.99. The maximum Gasteiger partial charge on any atom is 0.0230 e. The van der Waals surface area contributed by atoms with Gasteiger partial charge in [0.25, 0.3) is 0 Å². The Hall–Kier alpha value is -0.820. The third-order valence-corrected chi connectivity index (χ3v) is 3.30. The van der Waals surface area contributed by atoms with E-state index in [1.165, 1.54) is 43.2 Å². The van der Waals surface area contributed by atoms with Crippen LogP contribution in [0.25, 0.3) is 0 Å². The zero-order chi connectivity index (χ0) is 12.5. The van der Waals surface area contributed by atoms with Crippen LogP contribution in [-0.4, -0.2) is 18.5 Å². The molecular formula is C16H27N. The van der Waals surface area contributed by atoms with E-state index in [9.17, 15) is 0 Å². The minimum Gasteiger partial charge on any atom is -0.302 e. The Balaban J connectivity index is 2.42. The maximum atomic E-state index is 2.37. The Morgan fingerprint density at radius 2 is 1.76 bits per heavy atom. The van der Waals surface area contributed by atoms with E-state index in [1.807, 2.05) is 0 Å². The molecule has 1 rings (SSSR count). The molecule has 0 N–H and O–H groups in total. The van der Waals surface area contributed by atoms with E-state index in [1.54, 1.807) is 0 Å². The lowest BCUT2D eigenvalue weighted by Crippen LogP contribution is -2.16. The van der Waals surface area contributed by atoms with Crippen molar-refractivity contribution in [1.29, 1.82) is 0 Å². The smallest absolute Gasteiger partial charge is 0.0230 e. The minimum absolute atomic E-state index is 1.07. The topological polar surface area (TPSA) is 3.24 Å². The molecule has 0 radical (unpaired) electrons. The molecule has 0 atom stereocenters. The fraction of sp³-hybridized carbons (Fsp3) is 0.625. The van der Waals surface area contributed by atoms with Crippen molar-refractivity contribution >= 4 is 0 Å². The van der Waals surface area contributed by atoms with Gasteiger partial charge in [-0.1, -0.05) is 57.4 Å². The average molecular weight is 233 g/mol. The van der Waals surface area contributed by atoms with Gasteiger partial charge >= 0.3 is 0 Å². The van der Waals surface area contributed by atoms with Gasteiger partial charge in [0.15, 0.2) is 0 Å². The van der Waals surface area contributed by atoms with E-state index in [4.69, 9.17) is 0 Å². The van der Waals surface area contributed by atoms with Crippen LogP contribution in [-0.2, 0) is 13.0 Å². The number of aryl methyl sites for hydroxylation is 1. The summed E-state index contributed by atoms with van der Waals surface area (Å²) in [7, 11) is 2.17. The third kappa shape index (κ3) is 5.88. The fourth-order valence-electron chi connectivity index (χ4n) is 2.06. The lowest BCUT2D eigenvalue weighted by molar-refractivity contribution is 0.345. The highest BCUT2D eigenvalue weighted by atomic mass is 15.1. The van der Waals surface area contributed by atoms with Crippen LogP contribution in [0.5, 0.6) is 0 Å². The van der Waals surface area contributed by atoms with Crippen LogP contribution in [0.15, 0.2) is 24.3 Å². The van der Waals surface area contributed by atoms with Crippen LogP contribution in [0.3, 0.4) is 0 Å². The molecule has 0 saturated carbocycles. The summed E-state index contributed by atoms with van der Waals surface area (Å²) in [4.78, 5) is 2.34. The van der Waals surface area contributed by atoms with E-state index < -0.39 is 0 Å². The van der Waals surface area contributed by atoms with Gasteiger partial charge in [-0.2, -0.15) is 0 Å². The van der Waals surface area contributed by atoms with E-state index in [0.29, 0.717) is 0 Å². The van der Waals surface area contributed by atoms with Crippen molar-refractivity contribution in [1.82, 2.24) is 4.90 Å². The molecule has 1 aromatic carbocycles. The van der Waals surface area contributed by atoms with Crippen LogP contribution in [0.1, 0.15) is 50.7 Å². The number of unbranched alkanes of at least 4 members (excludes halogenated alkanes) is 3. The molecule has 0 amide bonds. The van der Waals surface area contributed by atoms with Gasteiger partial charge in [0, 0.05) is 6.54 Å². The highest BCUT2D eigenvalue weighted by Crippen LogP contribution is 2.11. The molecule has 0 spiro atoms. The van der Waals surface area contributed by atoms with E-state index in [2.05, 4.69) is 50.1 Å². The predicted octanol–water partition coefficient (Wildman–Crippen LogP) is 4.26. The summed E-state index contributed by atoms with van der Waals surface area (Å²) in [6.45, 7) is 6.65. The minimum atomic E-state index is 1.07.